The van der Waals surface area contributed by atoms with Crippen molar-refractivity contribution in [3.63, 3.8) is 0 Å². The van der Waals surface area contributed by atoms with Gasteiger partial charge in [-0.3, -0.25) is 9.59 Å². The zero-order chi connectivity index (χ0) is 19.1. The number of alkyl halides is 2. The molecular weight excluding hydrogens is 371 g/mol. The molecule has 0 amide bonds. The lowest BCUT2D eigenvalue weighted by atomic mass is 9.46. The highest BCUT2D eigenvalue weighted by atomic mass is 35.5. The van der Waals surface area contributed by atoms with Crippen LogP contribution in [0.4, 0.5) is 0 Å². The standard InChI is InChI=1S/C21H26Cl2O3/c1-12(24)20(26)9-7-15-16-5-4-13-10-14(25)6-8-18(13,2)21(16,23)17(22)11-19(15,20)3/h6,8,10,15-17,26H,4-5,7,9,11H2,1-3H3/t15-,16-,17-,18-,19-,20-,21-/m0/s1. The fourth-order valence-corrected chi connectivity index (χ4v) is 7.96. The number of halogens is 2. The van der Waals surface area contributed by atoms with Gasteiger partial charge >= 0.3 is 0 Å². The van der Waals surface area contributed by atoms with E-state index in [1.807, 2.05) is 13.0 Å². The van der Waals surface area contributed by atoms with Crippen molar-refractivity contribution in [2.75, 3.05) is 0 Å². The van der Waals surface area contributed by atoms with Crippen LogP contribution in [0, 0.1) is 22.7 Å². The molecule has 3 fully saturated rings. The van der Waals surface area contributed by atoms with Crippen molar-refractivity contribution in [3.8, 4) is 0 Å². The van der Waals surface area contributed by atoms with Crippen LogP contribution in [0.25, 0.3) is 0 Å². The smallest absolute Gasteiger partial charge is 0.178 e. The van der Waals surface area contributed by atoms with Crippen molar-refractivity contribution < 1.29 is 14.7 Å². The molecule has 0 aromatic carbocycles. The number of hydrogen-bond acceptors (Lipinski definition) is 3. The van der Waals surface area contributed by atoms with Gasteiger partial charge in [0.1, 0.15) is 5.60 Å². The minimum atomic E-state index is -1.32. The normalized spacial score (nSPS) is 52.8. The summed E-state index contributed by atoms with van der Waals surface area (Å²) in [7, 11) is 0. The third kappa shape index (κ3) is 1.95. The minimum Gasteiger partial charge on any atom is -0.382 e. The number of Topliss-reactive ketones (excluding diaryl/α,β-unsaturated/α-hetero) is 1. The van der Waals surface area contributed by atoms with Crippen LogP contribution in [0.15, 0.2) is 23.8 Å². The molecule has 0 saturated heterocycles. The zero-order valence-electron chi connectivity index (χ0n) is 15.5. The fraction of sp³-hybridized carbons (Fsp3) is 0.714. The zero-order valence-corrected chi connectivity index (χ0v) is 17.0. The molecular formula is C21H26Cl2O3. The van der Waals surface area contributed by atoms with Crippen molar-refractivity contribution in [2.24, 2.45) is 22.7 Å². The molecule has 5 heteroatoms. The van der Waals surface area contributed by atoms with E-state index < -0.39 is 26.7 Å². The molecule has 0 unspecified atom stereocenters. The van der Waals surface area contributed by atoms with E-state index in [-0.39, 0.29) is 23.4 Å². The van der Waals surface area contributed by atoms with Gasteiger partial charge in [0.2, 0.25) is 0 Å². The van der Waals surface area contributed by atoms with Crippen LogP contribution in [0.3, 0.4) is 0 Å². The maximum Gasteiger partial charge on any atom is 0.178 e. The number of carbonyl (C=O) groups excluding carboxylic acids is 2. The fourth-order valence-electron chi connectivity index (χ4n) is 6.73. The minimum absolute atomic E-state index is 0.00906. The first kappa shape index (κ1) is 18.7. The molecule has 26 heavy (non-hydrogen) atoms. The van der Waals surface area contributed by atoms with Crippen molar-refractivity contribution >= 4 is 34.8 Å². The summed E-state index contributed by atoms with van der Waals surface area (Å²) in [5.41, 5.74) is -1.29. The Morgan fingerprint density at radius 2 is 1.96 bits per heavy atom. The average Bonchev–Trinajstić information content (AvgIpc) is 2.83. The molecule has 4 rings (SSSR count). The summed E-state index contributed by atoms with van der Waals surface area (Å²) in [4.78, 5) is 23.5. The highest BCUT2D eigenvalue weighted by molar-refractivity contribution is 6.34. The first-order chi connectivity index (χ1) is 12.0. The molecule has 0 spiro atoms. The second kappa shape index (κ2) is 5.46. The van der Waals surface area contributed by atoms with Gasteiger partial charge in [-0.2, -0.15) is 0 Å². The van der Waals surface area contributed by atoms with Gasteiger partial charge in [0.05, 0.1) is 10.3 Å². The molecule has 4 aliphatic rings. The van der Waals surface area contributed by atoms with Crippen LogP contribution in [-0.2, 0) is 9.59 Å². The predicted octanol–water partition coefficient (Wildman–Crippen LogP) is 4.19. The number of allylic oxidation sites excluding steroid dienone is 4. The van der Waals surface area contributed by atoms with Crippen LogP contribution in [0.1, 0.15) is 52.9 Å². The van der Waals surface area contributed by atoms with Crippen molar-refractivity contribution in [2.45, 2.75) is 68.7 Å². The molecule has 1 N–H and O–H groups in total. The Kier molecular flexibility index (Phi) is 3.93. The lowest BCUT2D eigenvalue weighted by molar-refractivity contribution is -0.156. The molecule has 0 aromatic rings. The molecule has 0 heterocycles. The lowest BCUT2D eigenvalue weighted by Crippen LogP contribution is -2.67. The second-order valence-electron chi connectivity index (χ2n) is 9.17. The highest BCUT2D eigenvalue weighted by Gasteiger charge is 2.72. The van der Waals surface area contributed by atoms with Gasteiger partial charge in [0, 0.05) is 10.8 Å². The van der Waals surface area contributed by atoms with E-state index >= 15 is 0 Å². The summed E-state index contributed by atoms with van der Waals surface area (Å²) in [6.07, 6.45) is 8.67. The van der Waals surface area contributed by atoms with E-state index in [1.165, 1.54) is 6.92 Å². The number of carbonyl (C=O) groups is 2. The molecule has 142 valence electrons. The van der Waals surface area contributed by atoms with Gasteiger partial charge in [0.25, 0.3) is 0 Å². The van der Waals surface area contributed by atoms with E-state index in [9.17, 15) is 14.7 Å². The largest absolute Gasteiger partial charge is 0.382 e. The first-order valence-corrected chi connectivity index (χ1v) is 10.3. The Morgan fingerprint density at radius 3 is 2.62 bits per heavy atom. The van der Waals surface area contributed by atoms with Crippen molar-refractivity contribution in [3.05, 3.63) is 23.8 Å². The second-order valence-corrected chi connectivity index (χ2v) is 10.3. The van der Waals surface area contributed by atoms with E-state index in [4.69, 9.17) is 23.2 Å². The summed E-state index contributed by atoms with van der Waals surface area (Å²) in [6, 6.07) is 0. The summed E-state index contributed by atoms with van der Waals surface area (Å²) >= 11 is 14.4. The van der Waals surface area contributed by atoms with Crippen molar-refractivity contribution in [1.82, 2.24) is 0 Å². The van der Waals surface area contributed by atoms with Crippen molar-refractivity contribution in [1.29, 1.82) is 0 Å². The average molecular weight is 397 g/mol. The molecule has 0 radical (unpaired) electrons. The van der Waals surface area contributed by atoms with Gasteiger partial charge in [-0.15, -0.1) is 23.2 Å². The summed E-state index contributed by atoms with van der Waals surface area (Å²) in [5, 5.41) is 10.8. The Hall–Kier alpha value is -0.640. The summed E-state index contributed by atoms with van der Waals surface area (Å²) in [5.74, 6) is 0.0843. The topological polar surface area (TPSA) is 54.4 Å². The van der Waals surface area contributed by atoms with E-state index in [1.54, 1.807) is 12.2 Å². The first-order valence-electron chi connectivity index (χ1n) is 9.51. The third-order valence-corrected chi connectivity index (χ3v) is 9.88. The Labute approximate surface area is 164 Å². The van der Waals surface area contributed by atoms with Gasteiger partial charge in [-0.25, -0.2) is 0 Å². The molecule has 0 aromatic heterocycles. The number of hydrogen-bond donors (Lipinski definition) is 1. The Balaban J connectivity index is 1.83. The van der Waals surface area contributed by atoms with Crippen LogP contribution in [0.2, 0.25) is 0 Å². The maximum absolute atomic E-state index is 12.3. The number of aliphatic hydroxyl groups is 1. The van der Waals surface area contributed by atoms with E-state index in [2.05, 4.69) is 6.92 Å². The molecule has 7 atom stereocenters. The molecule has 4 aliphatic carbocycles. The van der Waals surface area contributed by atoms with E-state index in [0.717, 1.165) is 24.8 Å². The van der Waals surface area contributed by atoms with Crippen LogP contribution < -0.4 is 0 Å². The number of ketones is 2. The molecule has 0 bridgehead atoms. The van der Waals surface area contributed by atoms with Crippen LogP contribution in [-0.4, -0.2) is 32.5 Å². The number of rotatable bonds is 1. The van der Waals surface area contributed by atoms with Gasteiger partial charge in [-0.1, -0.05) is 25.5 Å². The lowest BCUT2D eigenvalue weighted by Gasteiger charge is -2.63. The molecule has 0 aliphatic heterocycles. The maximum atomic E-state index is 12.3. The quantitative estimate of drug-likeness (QED) is 0.675. The third-order valence-electron chi connectivity index (χ3n) is 8.33. The summed E-state index contributed by atoms with van der Waals surface area (Å²) in [6.45, 7) is 5.59. The van der Waals surface area contributed by atoms with Gasteiger partial charge in [-0.05, 0) is 63.0 Å². The Bertz CT molecular complexity index is 758. The number of fused-ring (bicyclic) bond motifs is 5. The van der Waals surface area contributed by atoms with E-state index in [0.29, 0.717) is 12.8 Å². The Morgan fingerprint density at radius 1 is 1.27 bits per heavy atom. The van der Waals surface area contributed by atoms with Crippen LogP contribution in [0.5, 0.6) is 0 Å². The SMILES string of the molecule is CC(=O)[C@@]1(O)CC[C@H]2[C@@H]3CCC4=CC(=O)C=C[C@]4(C)[C@@]3(Cl)[C@@H](Cl)C[C@@]21C. The monoisotopic (exact) mass is 396 g/mol. The molecule has 3 saturated carbocycles. The predicted molar refractivity (Wildman–Crippen MR) is 102 cm³/mol. The highest BCUT2D eigenvalue weighted by Crippen LogP contribution is 2.71. The van der Waals surface area contributed by atoms with Gasteiger partial charge in [0.15, 0.2) is 11.6 Å². The summed E-state index contributed by atoms with van der Waals surface area (Å²) < 4.78 is 0. The molecule has 3 nitrogen and oxygen atoms in total. The van der Waals surface area contributed by atoms with Crippen LogP contribution >= 0.6 is 23.2 Å². The van der Waals surface area contributed by atoms with Gasteiger partial charge < -0.3 is 5.11 Å².